The maximum Gasteiger partial charge on any atom is 0.311 e. The number of hydrogen-bond donors (Lipinski definition) is 0. The van der Waals surface area contributed by atoms with Gasteiger partial charge in [0.2, 0.25) is 0 Å². The van der Waals surface area contributed by atoms with Gasteiger partial charge in [-0.2, -0.15) is 0 Å². The van der Waals surface area contributed by atoms with E-state index < -0.39 is 5.41 Å². The molecule has 0 aliphatic carbocycles. The standard InChI is InChI=1S/C13H21NO2S/c1-9(2)6-10-8-17-11(14-10)7-13(3,4)12(15)16-5/h8-9H,6-7H2,1-5H3. The average Bonchev–Trinajstić information content (AvgIpc) is 2.62. The first-order valence-electron chi connectivity index (χ1n) is 5.87. The van der Waals surface area contributed by atoms with E-state index in [4.69, 9.17) is 4.74 Å². The third-order valence-electron chi connectivity index (χ3n) is 2.55. The lowest BCUT2D eigenvalue weighted by atomic mass is 9.90. The van der Waals surface area contributed by atoms with E-state index >= 15 is 0 Å². The summed E-state index contributed by atoms with van der Waals surface area (Å²) in [6.07, 6.45) is 1.64. The summed E-state index contributed by atoms with van der Waals surface area (Å²) in [5.74, 6) is 0.427. The van der Waals surface area contributed by atoms with E-state index in [1.54, 1.807) is 11.3 Å². The Morgan fingerprint density at radius 1 is 1.53 bits per heavy atom. The van der Waals surface area contributed by atoms with Gasteiger partial charge in [0.15, 0.2) is 0 Å². The van der Waals surface area contributed by atoms with Crippen LogP contribution >= 0.6 is 11.3 Å². The van der Waals surface area contributed by atoms with Crippen molar-refractivity contribution in [3.05, 3.63) is 16.1 Å². The lowest BCUT2D eigenvalue weighted by Gasteiger charge is -2.19. The largest absolute Gasteiger partial charge is 0.469 e. The van der Waals surface area contributed by atoms with Crippen LogP contribution in [0.25, 0.3) is 0 Å². The van der Waals surface area contributed by atoms with Crippen LogP contribution in [0.15, 0.2) is 5.38 Å². The van der Waals surface area contributed by atoms with Crippen LogP contribution in [0.4, 0.5) is 0 Å². The summed E-state index contributed by atoms with van der Waals surface area (Å²) in [5, 5.41) is 3.10. The third kappa shape index (κ3) is 4.11. The molecule has 0 unspecified atom stereocenters. The lowest BCUT2D eigenvalue weighted by molar-refractivity contribution is -0.150. The lowest BCUT2D eigenvalue weighted by Crippen LogP contribution is -2.27. The molecule has 0 saturated carbocycles. The van der Waals surface area contributed by atoms with Crippen LogP contribution in [0, 0.1) is 11.3 Å². The molecule has 96 valence electrons. The normalized spacial score (nSPS) is 11.9. The molecule has 0 aliphatic rings. The molecule has 1 heterocycles. The predicted molar refractivity (Wildman–Crippen MR) is 70.2 cm³/mol. The van der Waals surface area contributed by atoms with Gasteiger partial charge in [0.05, 0.1) is 23.2 Å². The van der Waals surface area contributed by atoms with Crippen molar-refractivity contribution >= 4 is 17.3 Å². The molecular formula is C13H21NO2S. The fraction of sp³-hybridized carbons (Fsp3) is 0.692. The van der Waals surface area contributed by atoms with Crippen molar-refractivity contribution < 1.29 is 9.53 Å². The zero-order chi connectivity index (χ0) is 13.1. The summed E-state index contributed by atoms with van der Waals surface area (Å²) in [4.78, 5) is 16.1. The predicted octanol–water partition coefficient (Wildman–Crippen LogP) is 3.08. The zero-order valence-corrected chi connectivity index (χ0v) is 12.1. The minimum atomic E-state index is -0.498. The molecule has 0 aliphatic heterocycles. The quantitative estimate of drug-likeness (QED) is 0.759. The molecule has 4 heteroatoms. The summed E-state index contributed by atoms with van der Waals surface area (Å²) in [6.45, 7) is 8.14. The van der Waals surface area contributed by atoms with Crippen LogP contribution in [0.2, 0.25) is 0 Å². The van der Waals surface area contributed by atoms with Crippen LogP contribution in [0.3, 0.4) is 0 Å². The van der Waals surface area contributed by atoms with Crippen LogP contribution < -0.4 is 0 Å². The molecule has 3 nitrogen and oxygen atoms in total. The van der Waals surface area contributed by atoms with E-state index in [1.165, 1.54) is 7.11 Å². The van der Waals surface area contributed by atoms with E-state index in [-0.39, 0.29) is 5.97 Å². The number of rotatable bonds is 5. The molecule has 0 radical (unpaired) electrons. The topological polar surface area (TPSA) is 39.2 Å². The van der Waals surface area contributed by atoms with E-state index in [1.807, 2.05) is 13.8 Å². The van der Waals surface area contributed by atoms with E-state index in [0.29, 0.717) is 12.3 Å². The Kier molecular flexibility index (Phi) is 4.69. The summed E-state index contributed by atoms with van der Waals surface area (Å²) in [6, 6.07) is 0. The number of ether oxygens (including phenoxy) is 1. The van der Waals surface area contributed by atoms with Crippen molar-refractivity contribution in [1.29, 1.82) is 0 Å². The fourth-order valence-electron chi connectivity index (χ4n) is 1.67. The molecule has 1 rings (SSSR count). The van der Waals surface area contributed by atoms with Gasteiger partial charge in [0.25, 0.3) is 0 Å². The van der Waals surface area contributed by atoms with E-state index in [2.05, 4.69) is 24.2 Å². The number of thiazole rings is 1. The molecule has 0 atom stereocenters. The number of methoxy groups -OCH3 is 1. The molecule has 1 aromatic heterocycles. The Hall–Kier alpha value is -0.900. The number of hydrogen-bond acceptors (Lipinski definition) is 4. The second-order valence-electron chi connectivity index (χ2n) is 5.38. The Morgan fingerprint density at radius 2 is 2.18 bits per heavy atom. The van der Waals surface area contributed by atoms with Crippen LogP contribution in [-0.2, 0) is 22.4 Å². The number of aromatic nitrogens is 1. The SMILES string of the molecule is COC(=O)C(C)(C)Cc1nc(CC(C)C)cs1. The number of carbonyl (C=O) groups is 1. The summed E-state index contributed by atoms with van der Waals surface area (Å²) < 4.78 is 4.80. The first kappa shape index (κ1) is 14.2. The van der Waals surface area contributed by atoms with Gasteiger partial charge < -0.3 is 4.74 Å². The van der Waals surface area contributed by atoms with Crippen LogP contribution in [0.5, 0.6) is 0 Å². The summed E-state index contributed by atoms with van der Waals surface area (Å²) >= 11 is 1.63. The van der Waals surface area contributed by atoms with Crippen LogP contribution in [0.1, 0.15) is 38.4 Å². The second-order valence-corrected chi connectivity index (χ2v) is 6.33. The minimum absolute atomic E-state index is 0.182. The van der Waals surface area contributed by atoms with E-state index in [9.17, 15) is 4.79 Å². The number of nitrogens with zero attached hydrogens (tertiary/aromatic N) is 1. The Bertz CT molecular complexity index is 383. The van der Waals surface area contributed by atoms with Gasteiger partial charge in [-0.1, -0.05) is 13.8 Å². The molecule has 0 aromatic carbocycles. The molecule has 0 N–H and O–H groups in total. The van der Waals surface area contributed by atoms with Crippen LogP contribution in [-0.4, -0.2) is 18.1 Å². The van der Waals surface area contributed by atoms with Crippen molar-refractivity contribution in [2.45, 2.75) is 40.5 Å². The highest BCUT2D eigenvalue weighted by atomic mass is 32.1. The summed E-state index contributed by atoms with van der Waals surface area (Å²) in [7, 11) is 1.43. The van der Waals surface area contributed by atoms with Gasteiger partial charge >= 0.3 is 5.97 Å². The molecular weight excluding hydrogens is 234 g/mol. The first-order valence-corrected chi connectivity index (χ1v) is 6.75. The zero-order valence-electron chi connectivity index (χ0n) is 11.2. The molecule has 0 amide bonds. The Balaban J connectivity index is 2.69. The van der Waals surface area contributed by atoms with Gasteiger partial charge in [-0.15, -0.1) is 11.3 Å². The molecule has 0 fully saturated rings. The molecule has 17 heavy (non-hydrogen) atoms. The van der Waals surface area contributed by atoms with Crippen molar-refractivity contribution in [3.8, 4) is 0 Å². The first-order chi connectivity index (χ1) is 7.85. The van der Waals surface area contributed by atoms with Crippen molar-refractivity contribution in [2.75, 3.05) is 7.11 Å². The van der Waals surface area contributed by atoms with Crippen molar-refractivity contribution in [1.82, 2.24) is 4.98 Å². The maximum absolute atomic E-state index is 11.6. The monoisotopic (exact) mass is 255 g/mol. The molecule has 0 spiro atoms. The van der Waals surface area contributed by atoms with Gasteiger partial charge in [0, 0.05) is 11.8 Å². The molecule has 0 saturated heterocycles. The smallest absolute Gasteiger partial charge is 0.311 e. The number of carbonyl (C=O) groups excluding carboxylic acids is 1. The van der Waals surface area contributed by atoms with Gasteiger partial charge in [-0.25, -0.2) is 4.98 Å². The molecule has 1 aromatic rings. The highest BCUT2D eigenvalue weighted by Crippen LogP contribution is 2.25. The fourth-order valence-corrected chi connectivity index (χ4v) is 2.70. The Morgan fingerprint density at radius 3 is 2.71 bits per heavy atom. The maximum atomic E-state index is 11.6. The van der Waals surface area contributed by atoms with Gasteiger partial charge in [0.1, 0.15) is 0 Å². The molecule has 0 bridgehead atoms. The highest BCUT2D eigenvalue weighted by Gasteiger charge is 2.30. The number of esters is 1. The minimum Gasteiger partial charge on any atom is -0.469 e. The van der Waals surface area contributed by atoms with Crippen molar-refractivity contribution in [3.63, 3.8) is 0 Å². The average molecular weight is 255 g/mol. The van der Waals surface area contributed by atoms with Gasteiger partial charge in [-0.3, -0.25) is 4.79 Å². The highest BCUT2D eigenvalue weighted by molar-refractivity contribution is 7.09. The van der Waals surface area contributed by atoms with Crippen molar-refractivity contribution in [2.24, 2.45) is 11.3 Å². The van der Waals surface area contributed by atoms with Gasteiger partial charge in [-0.05, 0) is 26.2 Å². The van der Waals surface area contributed by atoms with E-state index in [0.717, 1.165) is 17.1 Å². The Labute approximate surface area is 107 Å². The second kappa shape index (κ2) is 5.63. The summed E-state index contributed by atoms with van der Waals surface area (Å²) in [5.41, 5.74) is 0.627. The third-order valence-corrected chi connectivity index (χ3v) is 3.45.